The highest BCUT2D eigenvalue weighted by molar-refractivity contribution is 8.13. The van der Waals surface area contributed by atoms with Gasteiger partial charge in [-0.1, -0.05) is 27.2 Å². The van der Waals surface area contributed by atoms with Crippen LogP contribution in [0, 0.1) is 0 Å². The summed E-state index contributed by atoms with van der Waals surface area (Å²) in [5.41, 5.74) is 1.20. The van der Waals surface area contributed by atoms with E-state index in [0.717, 1.165) is 19.4 Å². The molecule has 20 heavy (non-hydrogen) atoms. The third-order valence-electron chi connectivity index (χ3n) is 3.08. The monoisotopic (exact) mass is 322 g/mol. The molecule has 0 radical (unpaired) electrons. The van der Waals surface area contributed by atoms with Gasteiger partial charge in [0.1, 0.15) is 4.90 Å². The number of aryl methyl sites for hydroxylation is 1. The minimum absolute atomic E-state index is 0.178. The lowest BCUT2D eigenvalue weighted by Crippen LogP contribution is -2.11. The molecule has 0 fully saturated rings. The molecule has 5 nitrogen and oxygen atoms in total. The van der Waals surface area contributed by atoms with Gasteiger partial charge in [0.25, 0.3) is 9.05 Å². The largest absolute Gasteiger partial charge is 0.380 e. The molecular formula is C13H23ClN2O3S. The molecule has 0 saturated heterocycles. The Morgan fingerprint density at radius 2 is 1.90 bits per heavy atom. The molecule has 116 valence electrons. The van der Waals surface area contributed by atoms with Gasteiger partial charge in [0.15, 0.2) is 0 Å². The van der Waals surface area contributed by atoms with Crippen molar-refractivity contribution in [2.45, 2.75) is 57.9 Å². The Bertz CT molecular complexity index is 526. The van der Waals surface area contributed by atoms with Crippen molar-refractivity contribution in [3.63, 3.8) is 0 Å². The number of ether oxygens (including phenoxy) is 1. The number of rotatable bonds is 9. The lowest BCUT2D eigenvalue weighted by Gasteiger charge is -2.07. The van der Waals surface area contributed by atoms with Crippen molar-refractivity contribution in [3.8, 4) is 0 Å². The van der Waals surface area contributed by atoms with Gasteiger partial charge >= 0.3 is 0 Å². The summed E-state index contributed by atoms with van der Waals surface area (Å²) in [7, 11) is 1.77. The number of hydrogen-bond acceptors (Lipinski definition) is 4. The Morgan fingerprint density at radius 1 is 1.20 bits per heavy atom. The highest BCUT2D eigenvalue weighted by Gasteiger charge is 2.25. The molecule has 1 rings (SSSR count). The fourth-order valence-corrected chi connectivity index (χ4v) is 3.61. The molecule has 0 bridgehead atoms. The highest BCUT2D eigenvalue weighted by atomic mass is 35.7. The van der Waals surface area contributed by atoms with Crippen molar-refractivity contribution in [1.29, 1.82) is 0 Å². The Balaban J connectivity index is 2.89. The summed E-state index contributed by atoms with van der Waals surface area (Å²) in [5.74, 6) is 0. The molecule has 0 aliphatic carbocycles. The third kappa shape index (κ3) is 4.46. The van der Waals surface area contributed by atoms with Gasteiger partial charge in [0.05, 0.1) is 24.5 Å². The smallest absolute Gasteiger partial charge is 0.264 e. The standard InChI is InChI=1S/C13H23ClN2O3S/c1-4-7-9-19-10-8-16-12(6-3)13(20(14,17)18)11(5-2)15-16/h4-10H2,1-3H3. The van der Waals surface area contributed by atoms with Gasteiger partial charge in [-0.25, -0.2) is 8.42 Å². The summed E-state index contributed by atoms with van der Waals surface area (Å²) < 4.78 is 30.6. The van der Waals surface area contributed by atoms with Gasteiger partial charge in [-0.15, -0.1) is 0 Å². The van der Waals surface area contributed by atoms with Crippen molar-refractivity contribution >= 4 is 19.7 Å². The molecule has 0 N–H and O–H groups in total. The first-order valence-corrected chi connectivity index (χ1v) is 9.37. The van der Waals surface area contributed by atoms with Gasteiger partial charge in [0, 0.05) is 17.3 Å². The number of halogens is 1. The summed E-state index contributed by atoms with van der Waals surface area (Å²) in [4.78, 5) is 0.178. The van der Waals surface area contributed by atoms with Crippen LogP contribution in [0.25, 0.3) is 0 Å². The van der Waals surface area contributed by atoms with Crippen molar-refractivity contribution in [3.05, 3.63) is 11.4 Å². The predicted molar refractivity (Wildman–Crippen MR) is 79.7 cm³/mol. The van der Waals surface area contributed by atoms with E-state index >= 15 is 0 Å². The number of nitrogens with zero attached hydrogens (tertiary/aromatic N) is 2. The van der Waals surface area contributed by atoms with E-state index in [2.05, 4.69) is 12.0 Å². The number of unbranched alkanes of at least 4 members (excludes halogenated alkanes) is 1. The molecule has 0 aliphatic heterocycles. The maximum Gasteiger partial charge on any atom is 0.264 e. The molecule has 0 spiro atoms. The second kappa shape index (κ2) is 8.00. The first kappa shape index (κ1) is 17.5. The van der Waals surface area contributed by atoms with Crippen LogP contribution in [0.5, 0.6) is 0 Å². The normalized spacial score (nSPS) is 12.0. The first-order chi connectivity index (χ1) is 9.45. The quantitative estimate of drug-likeness (QED) is 0.518. The van der Waals surface area contributed by atoms with Gasteiger partial charge < -0.3 is 4.74 Å². The minimum atomic E-state index is -3.76. The maximum atomic E-state index is 11.7. The van der Waals surface area contributed by atoms with E-state index in [-0.39, 0.29) is 4.90 Å². The summed E-state index contributed by atoms with van der Waals surface area (Å²) in [6.45, 7) is 7.68. The Labute approximate surface area is 125 Å². The molecular weight excluding hydrogens is 300 g/mol. The second-order valence-corrected chi connectivity index (χ2v) is 7.06. The molecule has 0 saturated carbocycles. The molecule has 0 atom stereocenters. The number of hydrogen-bond donors (Lipinski definition) is 0. The van der Waals surface area contributed by atoms with Gasteiger partial charge in [-0.3, -0.25) is 4.68 Å². The minimum Gasteiger partial charge on any atom is -0.380 e. The van der Waals surface area contributed by atoms with Crippen LogP contribution in [0.1, 0.15) is 45.0 Å². The van der Waals surface area contributed by atoms with Crippen LogP contribution in [0.15, 0.2) is 4.90 Å². The van der Waals surface area contributed by atoms with Gasteiger partial charge in [-0.2, -0.15) is 5.10 Å². The van der Waals surface area contributed by atoms with Crippen LogP contribution in [-0.2, 0) is 33.2 Å². The van der Waals surface area contributed by atoms with Crippen molar-refractivity contribution in [1.82, 2.24) is 9.78 Å². The van der Waals surface area contributed by atoms with Crippen LogP contribution >= 0.6 is 10.7 Å². The van der Waals surface area contributed by atoms with E-state index < -0.39 is 9.05 Å². The molecule has 0 aromatic carbocycles. The summed E-state index contributed by atoms with van der Waals surface area (Å²) >= 11 is 0. The zero-order chi connectivity index (χ0) is 15.2. The third-order valence-corrected chi connectivity index (χ3v) is 4.50. The van der Waals surface area contributed by atoms with E-state index in [4.69, 9.17) is 15.4 Å². The van der Waals surface area contributed by atoms with E-state index in [9.17, 15) is 8.42 Å². The Kier molecular flexibility index (Phi) is 6.99. The average molecular weight is 323 g/mol. The molecule has 1 heterocycles. The van der Waals surface area contributed by atoms with Crippen LogP contribution in [0.2, 0.25) is 0 Å². The molecule has 0 amide bonds. The first-order valence-electron chi connectivity index (χ1n) is 7.06. The summed E-state index contributed by atoms with van der Waals surface area (Å²) in [5, 5.41) is 4.36. The number of aromatic nitrogens is 2. The van der Waals surface area contributed by atoms with Crippen molar-refractivity contribution in [2.24, 2.45) is 0 Å². The van der Waals surface area contributed by atoms with Crippen molar-refractivity contribution < 1.29 is 13.2 Å². The fraction of sp³-hybridized carbons (Fsp3) is 0.769. The second-order valence-electron chi connectivity index (χ2n) is 4.56. The maximum absolute atomic E-state index is 11.7. The highest BCUT2D eigenvalue weighted by Crippen LogP contribution is 2.25. The Morgan fingerprint density at radius 3 is 2.40 bits per heavy atom. The Hall–Kier alpha value is -0.590. The molecule has 7 heteroatoms. The SMILES string of the molecule is CCCCOCCn1nc(CC)c(S(=O)(=O)Cl)c1CC. The van der Waals surface area contributed by atoms with Crippen LogP contribution in [0.4, 0.5) is 0 Å². The average Bonchev–Trinajstić information content (AvgIpc) is 2.76. The molecule has 1 aromatic heterocycles. The predicted octanol–water partition coefficient (Wildman–Crippen LogP) is 2.75. The fourth-order valence-electron chi connectivity index (χ4n) is 2.08. The lowest BCUT2D eigenvalue weighted by atomic mass is 10.2. The van der Waals surface area contributed by atoms with E-state index in [1.807, 2.05) is 13.8 Å². The van der Waals surface area contributed by atoms with Crippen LogP contribution in [0.3, 0.4) is 0 Å². The van der Waals surface area contributed by atoms with E-state index in [0.29, 0.717) is 37.4 Å². The zero-order valence-electron chi connectivity index (χ0n) is 12.4. The zero-order valence-corrected chi connectivity index (χ0v) is 13.9. The van der Waals surface area contributed by atoms with Gasteiger partial charge in [0.2, 0.25) is 0 Å². The topological polar surface area (TPSA) is 61.2 Å². The van der Waals surface area contributed by atoms with Crippen LogP contribution < -0.4 is 0 Å². The van der Waals surface area contributed by atoms with E-state index in [1.165, 1.54) is 0 Å². The lowest BCUT2D eigenvalue weighted by molar-refractivity contribution is 0.120. The summed E-state index contributed by atoms with van der Waals surface area (Å²) in [6, 6.07) is 0. The molecule has 1 aromatic rings. The summed E-state index contributed by atoms with van der Waals surface area (Å²) in [6.07, 6.45) is 3.24. The van der Waals surface area contributed by atoms with Crippen LogP contribution in [-0.4, -0.2) is 31.4 Å². The molecule has 0 aliphatic rings. The van der Waals surface area contributed by atoms with E-state index in [1.54, 1.807) is 4.68 Å². The molecule has 0 unspecified atom stereocenters. The van der Waals surface area contributed by atoms with Crippen molar-refractivity contribution in [2.75, 3.05) is 13.2 Å². The van der Waals surface area contributed by atoms with Gasteiger partial charge in [-0.05, 0) is 19.3 Å².